The van der Waals surface area contributed by atoms with Gasteiger partial charge in [-0.15, -0.1) is 0 Å². The maximum atomic E-state index is 13.4. The van der Waals surface area contributed by atoms with Crippen molar-refractivity contribution in [3.05, 3.63) is 65.7 Å². The van der Waals surface area contributed by atoms with Crippen molar-refractivity contribution >= 4 is 23.6 Å². The van der Waals surface area contributed by atoms with E-state index in [1.54, 1.807) is 37.5 Å². The van der Waals surface area contributed by atoms with E-state index < -0.39 is 5.60 Å². The third kappa shape index (κ3) is 2.94. The smallest absolute Gasteiger partial charge is 0.271 e. The van der Waals surface area contributed by atoms with Gasteiger partial charge in [-0.05, 0) is 55.2 Å². The normalized spacial score (nSPS) is 24.0. The van der Waals surface area contributed by atoms with Gasteiger partial charge in [-0.25, -0.2) is 4.90 Å². The molecule has 1 atom stereocenters. The molecular weight excluding hydrogens is 342 g/mol. The molecule has 4 rings (SSSR count). The van der Waals surface area contributed by atoms with Gasteiger partial charge in [0.05, 0.1) is 18.4 Å². The number of anilines is 1. The van der Waals surface area contributed by atoms with E-state index >= 15 is 0 Å². The zero-order valence-electron chi connectivity index (χ0n) is 15.2. The van der Waals surface area contributed by atoms with Gasteiger partial charge >= 0.3 is 0 Å². The number of hydrogen-bond donors (Lipinski definition) is 0. The molecule has 2 aromatic rings. The highest BCUT2D eigenvalue weighted by Crippen LogP contribution is 2.43. The Hall–Kier alpha value is -2.92. The van der Waals surface area contributed by atoms with Crippen LogP contribution in [-0.4, -0.2) is 31.1 Å². The molecule has 0 saturated carbocycles. The predicted octanol–water partition coefficient (Wildman–Crippen LogP) is 3.59. The van der Waals surface area contributed by atoms with E-state index in [2.05, 4.69) is 0 Å². The summed E-state index contributed by atoms with van der Waals surface area (Å²) in [5.41, 5.74) is 0.620. The third-order valence-electron chi connectivity index (χ3n) is 5.13. The van der Waals surface area contributed by atoms with E-state index in [0.717, 1.165) is 18.4 Å². The lowest BCUT2D eigenvalue weighted by molar-refractivity contribution is -0.140. The molecule has 2 saturated heterocycles. The molecule has 0 aliphatic carbocycles. The molecule has 1 spiro atoms. The molecule has 5 heteroatoms. The van der Waals surface area contributed by atoms with Gasteiger partial charge in [-0.2, -0.15) is 0 Å². The molecule has 138 valence electrons. The second kappa shape index (κ2) is 7.00. The fourth-order valence-corrected chi connectivity index (χ4v) is 3.72. The Labute approximate surface area is 158 Å². The molecule has 2 fully saturated rings. The first-order valence-corrected chi connectivity index (χ1v) is 9.10. The second-order valence-electron chi connectivity index (χ2n) is 6.75. The van der Waals surface area contributed by atoms with Crippen LogP contribution in [0.3, 0.4) is 0 Å². The molecule has 2 heterocycles. The Kier molecular flexibility index (Phi) is 4.54. The van der Waals surface area contributed by atoms with Crippen LogP contribution in [0.1, 0.15) is 24.8 Å². The van der Waals surface area contributed by atoms with Crippen LogP contribution in [0.2, 0.25) is 0 Å². The quantitative estimate of drug-likeness (QED) is 0.618. The lowest BCUT2D eigenvalue weighted by atomic mass is 9.87. The van der Waals surface area contributed by atoms with Crippen LogP contribution < -0.4 is 9.64 Å². The average molecular weight is 363 g/mol. The van der Waals surface area contributed by atoms with E-state index in [-0.39, 0.29) is 11.8 Å². The molecule has 1 unspecified atom stereocenters. The molecular formula is C22H21NO4. The van der Waals surface area contributed by atoms with Gasteiger partial charge in [-0.3, -0.25) is 9.59 Å². The van der Waals surface area contributed by atoms with Gasteiger partial charge in [0.2, 0.25) is 0 Å². The number of imide groups is 1. The van der Waals surface area contributed by atoms with Gasteiger partial charge in [0.15, 0.2) is 5.60 Å². The summed E-state index contributed by atoms with van der Waals surface area (Å²) in [5.74, 6) is 0.0389. The maximum Gasteiger partial charge on any atom is 0.271 e. The van der Waals surface area contributed by atoms with Crippen molar-refractivity contribution in [3.63, 3.8) is 0 Å². The third-order valence-corrected chi connectivity index (χ3v) is 5.13. The fraction of sp³-hybridized carbons (Fsp3) is 0.273. The van der Waals surface area contributed by atoms with Crippen LogP contribution in [0.25, 0.3) is 6.08 Å². The van der Waals surface area contributed by atoms with E-state index in [1.807, 2.05) is 30.3 Å². The van der Waals surface area contributed by atoms with Crippen molar-refractivity contribution in [1.29, 1.82) is 0 Å². The Bertz CT molecular complexity index is 880. The fourth-order valence-electron chi connectivity index (χ4n) is 3.72. The summed E-state index contributed by atoms with van der Waals surface area (Å²) in [6.07, 6.45) is 4.05. The Balaban J connectivity index is 1.80. The molecule has 0 aromatic heterocycles. The molecule has 2 amide bonds. The molecule has 2 aliphatic rings. The van der Waals surface area contributed by atoms with E-state index in [0.29, 0.717) is 30.0 Å². The summed E-state index contributed by atoms with van der Waals surface area (Å²) >= 11 is 0. The molecule has 2 aromatic carbocycles. The highest BCUT2D eigenvalue weighted by atomic mass is 16.5. The largest absolute Gasteiger partial charge is 0.497 e. The van der Waals surface area contributed by atoms with Crippen molar-refractivity contribution in [2.45, 2.75) is 24.9 Å². The second-order valence-corrected chi connectivity index (χ2v) is 6.75. The molecule has 0 N–H and O–H groups in total. The number of carbonyl (C=O) groups is 2. The topological polar surface area (TPSA) is 55.8 Å². The number of amides is 2. The molecule has 5 nitrogen and oxygen atoms in total. The summed E-state index contributed by atoms with van der Waals surface area (Å²) in [7, 11) is 1.58. The van der Waals surface area contributed by atoms with Crippen LogP contribution >= 0.6 is 0 Å². The minimum Gasteiger partial charge on any atom is -0.497 e. The van der Waals surface area contributed by atoms with Crippen LogP contribution in [0.15, 0.2) is 60.2 Å². The van der Waals surface area contributed by atoms with Crippen molar-refractivity contribution in [1.82, 2.24) is 0 Å². The highest BCUT2D eigenvalue weighted by Gasteiger charge is 2.57. The van der Waals surface area contributed by atoms with E-state index in [4.69, 9.17) is 9.47 Å². The Morgan fingerprint density at radius 3 is 2.41 bits per heavy atom. The van der Waals surface area contributed by atoms with E-state index in [1.165, 1.54) is 4.90 Å². The first-order valence-electron chi connectivity index (χ1n) is 9.10. The molecule has 27 heavy (non-hydrogen) atoms. The molecule has 0 bridgehead atoms. The Morgan fingerprint density at radius 2 is 1.78 bits per heavy atom. The van der Waals surface area contributed by atoms with Crippen molar-refractivity contribution < 1.29 is 19.1 Å². The summed E-state index contributed by atoms with van der Waals surface area (Å²) in [4.78, 5) is 27.9. The van der Waals surface area contributed by atoms with Crippen LogP contribution in [0, 0.1) is 0 Å². The first-order chi connectivity index (χ1) is 13.2. The van der Waals surface area contributed by atoms with Gasteiger partial charge in [-0.1, -0.05) is 30.3 Å². The van der Waals surface area contributed by atoms with E-state index in [9.17, 15) is 9.59 Å². The zero-order valence-corrected chi connectivity index (χ0v) is 15.2. The summed E-state index contributed by atoms with van der Waals surface area (Å²) in [6.45, 7) is 0.474. The molecule has 2 aliphatic heterocycles. The summed E-state index contributed by atoms with van der Waals surface area (Å²) in [6, 6.07) is 16.5. The van der Waals surface area contributed by atoms with Gasteiger partial charge in [0, 0.05) is 6.61 Å². The monoisotopic (exact) mass is 363 g/mol. The number of ether oxygens (including phenoxy) is 2. The number of nitrogens with zero attached hydrogens (tertiary/aromatic N) is 1. The average Bonchev–Trinajstić information content (AvgIpc) is 2.91. The number of rotatable bonds is 3. The highest BCUT2D eigenvalue weighted by molar-refractivity contribution is 6.33. The lowest BCUT2D eigenvalue weighted by Gasteiger charge is -2.32. The molecule has 0 radical (unpaired) electrons. The number of hydrogen-bond acceptors (Lipinski definition) is 4. The van der Waals surface area contributed by atoms with Gasteiger partial charge < -0.3 is 9.47 Å². The minimum atomic E-state index is -1.19. The van der Waals surface area contributed by atoms with Crippen LogP contribution in [-0.2, 0) is 14.3 Å². The SMILES string of the molecule is COc1ccc(N2C(=O)C(=Cc3ccccc3)C3(CCCCO3)C2=O)cc1. The lowest BCUT2D eigenvalue weighted by Crippen LogP contribution is -2.45. The first kappa shape index (κ1) is 17.5. The zero-order chi connectivity index (χ0) is 18.9. The summed E-state index contributed by atoms with van der Waals surface area (Å²) < 4.78 is 11.2. The number of methoxy groups -OCH3 is 1. The maximum absolute atomic E-state index is 13.4. The predicted molar refractivity (Wildman–Crippen MR) is 102 cm³/mol. The summed E-state index contributed by atoms with van der Waals surface area (Å²) in [5, 5.41) is 0. The number of carbonyl (C=O) groups excluding carboxylic acids is 2. The van der Waals surface area contributed by atoms with Crippen LogP contribution in [0.5, 0.6) is 5.75 Å². The minimum absolute atomic E-state index is 0.306. The van der Waals surface area contributed by atoms with Gasteiger partial charge in [0.1, 0.15) is 5.75 Å². The van der Waals surface area contributed by atoms with Crippen molar-refractivity contribution in [2.75, 3.05) is 18.6 Å². The van der Waals surface area contributed by atoms with Gasteiger partial charge in [0.25, 0.3) is 11.8 Å². The Morgan fingerprint density at radius 1 is 1.04 bits per heavy atom. The van der Waals surface area contributed by atoms with Crippen LogP contribution in [0.4, 0.5) is 5.69 Å². The standard InChI is InChI=1S/C22H21NO4/c1-26-18-11-9-17(10-12-18)23-20(24)19(15-16-7-3-2-4-8-16)22(21(23)25)13-5-6-14-27-22/h2-4,7-12,15H,5-6,13-14H2,1H3. The van der Waals surface area contributed by atoms with Crippen molar-refractivity contribution in [3.8, 4) is 5.75 Å². The van der Waals surface area contributed by atoms with Crippen molar-refractivity contribution in [2.24, 2.45) is 0 Å². The number of benzene rings is 2.